The van der Waals surface area contributed by atoms with Crippen LogP contribution in [-0.4, -0.2) is 4.43 Å². The molecule has 0 aliphatic heterocycles. The van der Waals surface area contributed by atoms with Crippen molar-refractivity contribution in [2.24, 2.45) is 5.92 Å². The molecule has 0 aromatic rings. The van der Waals surface area contributed by atoms with Crippen molar-refractivity contribution in [2.45, 2.75) is 33.1 Å². The van der Waals surface area contributed by atoms with Crippen molar-refractivity contribution in [1.29, 1.82) is 0 Å². The molecule has 1 rings (SSSR count). The lowest BCUT2D eigenvalue weighted by atomic mass is 10.0. The highest BCUT2D eigenvalue weighted by Crippen LogP contribution is 2.33. The van der Waals surface area contributed by atoms with Gasteiger partial charge in [0.2, 0.25) is 0 Å². The number of rotatable bonds is 2. The first kappa shape index (κ1) is 8.57. The predicted molar refractivity (Wildman–Crippen MR) is 54.6 cm³/mol. The molecule has 0 spiro atoms. The van der Waals surface area contributed by atoms with E-state index in [2.05, 4.69) is 36.4 Å². The van der Waals surface area contributed by atoms with Gasteiger partial charge in [0.1, 0.15) is 0 Å². The van der Waals surface area contributed by atoms with Gasteiger partial charge in [-0.25, -0.2) is 0 Å². The third-order valence-electron chi connectivity index (χ3n) is 2.46. The van der Waals surface area contributed by atoms with Crippen LogP contribution in [-0.2, 0) is 0 Å². The lowest BCUT2D eigenvalue weighted by Crippen LogP contribution is -1.93. The Morgan fingerprint density at radius 1 is 1.60 bits per heavy atom. The molecular weight excluding hydrogens is 235 g/mol. The van der Waals surface area contributed by atoms with E-state index in [1.807, 2.05) is 0 Å². The molecule has 0 heterocycles. The summed E-state index contributed by atoms with van der Waals surface area (Å²) < 4.78 is 1.29. The molecule has 1 heteroatoms. The van der Waals surface area contributed by atoms with Crippen molar-refractivity contribution in [2.75, 3.05) is 4.43 Å². The largest absolute Gasteiger partial charge is 0.0860 e. The fourth-order valence-electron chi connectivity index (χ4n) is 1.75. The summed E-state index contributed by atoms with van der Waals surface area (Å²) >= 11 is 2.46. The van der Waals surface area contributed by atoms with Crippen LogP contribution in [0.1, 0.15) is 33.1 Å². The van der Waals surface area contributed by atoms with Crippen LogP contribution in [0.4, 0.5) is 0 Å². The first-order valence-corrected chi connectivity index (χ1v) is 5.52. The highest BCUT2D eigenvalue weighted by Gasteiger charge is 2.17. The molecular formula is C9H15I. The van der Waals surface area contributed by atoms with E-state index < -0.39 is 0 Å². The molecule has 1 aliphatic carbocycles. The third-order valence-corrected chi connectivity index (χ3v) is 3.00. The molecule has 0 nitrogen and oxygen atoms in total. The van der Waals surface area contributed by atoms with Crippen molar-refractivity contribution in [3.8, 4) is 0 Å². The fourth-order valence-corrected chi connectivity index (χ4v) is 2.33. The second kappa shape index (κ2) is 3.74. The minimum absolute atomic E-state index is 0.884. The summed E-state index contributed by atoms with van der Waals surface area (Å²) in [7, 11) is 0. The molecule has 0 aromatic heterocycles. The Kier molecular flexibility index (Phi) is 3.21. The second-order valence-electron chi connectivity index (χ2n) is 3.18. The Hall–Kier alpha value is 0.470. The summed E-state index contributed by atoms with van der Waals surface area (Å²) in [4.78, 5) is 0. The number of halogens is 1. The van der Waals surface area contributed by atoms with Crippen molar-refractivity contribution in [1.82, 2.24) is 0 Å². The van der Waals surface area contributed by atoms with Crippen LogP contribution in [0.15, 0.2) is 11.1 Å². The maximum atomic E-state index is 2.46. The topological polar surface area (TPSA) is 0 Å². The Balaban J connectivity index is 2.59. The normalized spacial score (nSPS) is 26.1. The van der Waals surface area contributed by atoms with Crippen molar-refractivity contribution < 1.29 is 0 Å². The highest BCUT2D eigenvalue weighted by molar-refractivity contribution is 14.1. The van der Waals surface area contributed by atoms with Crippen molar-refractivity contribution in [3.63, 3.8) is 0 Å². The molecule has 0 fully saturated rings. The average molecular weight is 250 g/mol. The van der Waals surface area contributed by atoms with Crippen LogP contribution in [0, 0.1) is 5.92 Å². The molecule has 0 aromatic carbocycles. The van der Waals surface area contributed by atoms with E-state index >= 15 is 0 Å². The molecule has 0 radical (unpaired) electrons. The molecule has 58 valence electrons. The van der Waals surface area contributed by atoms with E-state index in [9.17, 15) is 0 Å². The van der Waals surface area contributed by atoms with Crippen LogP contribution < -0.4 is 0 Å². The standard InChI is InChI=1S/C9H15I/c1-7-3-4-8(2)9(7)5-6-10/h7H,3-6H2,1-2H3/t7-/m1/s1. The van der Waals surface area contributed by atoms with E-state index in [-0.39, 0.29) is 0 Å². The summed E-state index contributed by atoms with van der Waals surface area (Å²) in [5, 5.41) is 0. The molecule has 0 unspecified atom stereocenters. The van der Waals surface area contributed by atoms with Gasteiger partial charge in [-0.3, -0.25) is 0 Å². The zero-order valence-corrected chi connectivity index (χ0v) is 8.94. The van der Waals surface area contributed by atoms with Gasteiger partial charge >= 0.3 is 0 Å². The van der Waals surface area contributed by atoms with Crippen LogP contribution >= 0.6 is 22.6 Å². The molecule has 10 heavy (non-hydrogen) atoms. The van der Waals surface area contributed by atoms with Crippen LogP contribution in [0.2, 0.25) is 0 Å². The molecule has 0 saturated heterocycles. The lowest BCUT2D eigenvalue weighted by molar-refractivity contribution is 0.654. The number of hydrogen-bond acceptors (Lipinski definition) is 0. The molecule has 0 saturated carbocycles. The van der Waals surface area contributed by atoms with Gasteiger partial charge in [-0.1, -0.05) is 40.7 Å². The average Bonchev–Trinajstić information content (AvgIpc) is 2.20. The van der Waals surface area contributed by atoms with Crippen LogP contribution in [0.5, 0.6) is 0 Å². The van der Waals surface area contributed by atoms with Gasteiger partial charge in [-0.05, 0) is 32.1 Å². The van der Waals surface area contributed by atoms with E-state index in [0.29, 0.717) is 0 Å². The van der Waals surface area contributed by atoms with Crippen LogP contribution in [0.25, 0.3) is 0 Å². The molecule has 0 bridgehead atoms. The Bertz CT molecular complexity index is 147. The molecule has 1 aliphatic rings. The number of hydrogen-bond donors (Lipinski definition) is 0. The van der Waals surface area contributed by atoms with Gasteiger partial charge < -0.3 is 0 Å². The Morgan fingerprint density at radius 2 is 2.30 bits per heavy atom. The number of alkyl halides is 1. The van der Waals surface area contributed by atoms with Gasteiger partial charge in [0.15, 0.2) is 0 Å². The smallest absolute Gasteiger partial charge is 0.00327 e. The summed E-state index contributed by atoms with van der Waals surface area (Å²) in [5.74, 6) is 0.884. The third kappa shape index (κ3) is 1.74. The lowest BCUT2D eigenvalue weighted by Gasteiger charge is -2.06. The minimum atomic E-state index is 0.884. The van der Waals surface area contributed by atoms with Crippen molar-refractivity contribution in [3.05, 3.63) is 11.1 Å². The number of allylic oxidation sites excluding steroid dienone is 2. The predicted octanol–water partition coefficient (Wildman–Crippen LogP) is 3.56. The Morgan fingerprint density at radius 3 is 2.70 bits per heavy atom. The van der Waals surface area contributed by atoms with Gasteiger partial charge in [0.25, 0.3) is 0 Å². The van der Waals surface area contributed by atoms with Crippen LogP contribution in [0.3, 0.4) is 0 Å². The minimum Gasteiger partial charge on any atom is -0.0860 e. The highest BCUT2D eigenvalue weighted by atomic mass is 127. The van der Waals surface area contributed by atoms with E-state index in [4.69, 9.17) is 0 Å². The zero-order valence-electron chi connectivity index (χ0n) is 6.78. The fraction of sp³-hybridized carbons (Fsp3) is 0.778. The summed E-state index contributed by atoms with van der Waals surface area (Å²) in [6.45, 7) is 4.66. The summed E-state index contributed by atoms with van der Waals surface area (Å²) in [6.07, 6.45) is 4.08. The van der Waals surface area contributed by atoms with Crippen molar-refractivity contribution >= 4 is 22.6 Å². The monoisotopic (exact) mass is 250 g/mol. The van der Waals surface area contributed by atoms with E-state index in [1.54, 1.807) is 11.1 Å². The maximum Gasteiger partial charge on any atom is 0.00327 e. The zero-order chi connectivity index (χ0) is 7.56. The summed E-state index contributed by atoms with van der Waals surface area (Å²) in [6, 6.07) is 0. The Labute approximate surface area is 77.2 Å². The summed E-state index contributed by atoms with van der Waals surface area (Å²) in [5.41, 5.74) is 3.42. The van der Waals surface area contributed by atoms with Gasteiger partial charge in [-0.2, -0.15) is 0 Å². The van der Waals surface area contributed by atoms with Gasteiger partial charge in [0.05, 0.1) is 0 Å². The molecule has 0 N–H and O–H groups in total. The molecule has 0 amide bonds. The quantitative estimate of drug-likeness (QED) is 0.399. The molecule has 1 atom stereocenters. The van der Waals surface area contributed by atoms with Gasteiger partial charge in [-0.15, -0.1) is 0 Å². The first-order valence-electron chi connectivity index (χ1n) is 4.00. The first-order chi connectivity index (χ1) is 4.75. The van der Waals surface area contributed by atoms with Gasteiger partial charge in [0, 0.05) is 4.43 Å². The maximum absolute atomic E-state index is 2.46. The van der Waals surface area contributed by atoms with E-state index in [1.165, 1.54) is 23.7 Å². The van der Waals surface area contributed by atoms with E-state index in [0.717, 1.165) is 5.92 Å². The SMILES string of the molecule is CC1=C(CCI)[C@H](C)CC1. The second-order valence-corrected chi connectivity index (χ2v) is 4.26.